The van der Waals surface area contributed by atoms with Crippen LogP contribution in [-0.4, -0.2) is 14.6 Å². The Hall–Kier alpha value is -1.40. The van der Waals surface area contributed by atoms with E-state index in [-0.39, 0.29) is 0 Å². The van der Waals surface area contributed by atoms with E-state index in [1.54, 1.807) is 23.1 Å². The first-order chi connectivity index (χ1) is 14.2. The summed E-state index contributed by atoms with van der Waals surface area (Å²) in [6, 6.07) is 21.0. The predicted molar refractivity (Wildman–Crippen MR) is 131 cm³/mol. The van der Waals surface area contributed by atoms with Crippen LogP contribution >= 0.6 is 41.0 Å². The van der Waals surface area contributed by atoms with Crippen LogP contribution in [0, 0.1) is 0 Å². The van der Waals surface area contributed by atoms with Crippen LogP contribution in [0.3, 0.4) is 0 Å². The lowest BCUT2D eigenvalue weighted by atomic mass is 10.2. The van der Waals surface area contributed by atoms with Crippen molar-refractivity contribution < 1.29 is 0 Å². The molecule has 1 aromatic heterocycles. The monoisotopic (exact) mass is 456 g/mol. The van der Waals surface area contributed by atoms with Crippen LogP contribution in [0.1, 0.15) is 29.1 Å². The van der Waals surface area contributed by atoms with Gasteiger partial charge >= 0.3 is 0 Å². The molecule has 0 amide bonds. The second-order valence-electron chi connectivity index (χ2n) is 7.01. The number of fused-ring (bicyclic) bond motifs is 3. The third kappa shape index (κ3) is 4.24. The number of aromatic nitrogens is 2. The molecule has 0 saturated heterocycles. The molecule has 148 valence electrons. The van der Waals surface area contributed by atoms with Crippen molar-refractivity contribution in [3.05, 3.63) is 83.3 Å². The summed E-state index contributed by atoms with van der Waals surface area (Å²) in [5, 5.41) is 1.04. The van der Waals surface area contributed by atoms with Gasteiger partial charge in [-0.05, 0) is 17.5 Å². The summed E-state index contributed by atoms with van der Waals surface area (Å²) in [5.74, 6) is 3.72. The molecule has 1 atom stereocenters. The third-order valence-electron chi connectivity index (χ3n) is 4.92. The van der Waals surface area contributed by atoms with Gasteiger partial charge in [0.15, 0.2) is 11.4 Å². The van der Waals surface area contributed by atoms with Crippen molar-refractivity contribution in [2.45, 2.75) is 30.9 Å². The fourth-order valence-electron chi connectivity index (χ4n) is 3.52. The topological polar surface area (TPSA) is 42.5 Å². The summed E-state index contributed by atoms with van der Waals surface area (Å²) >= 11 is 8.52. The summed E-state index contributed by atoms with van der Waals surface area (Å²) in [6.45, 7) is 1.01. The summed E-state index contributed by atoms with van der Waals surface area (Å²) < 4.78 is 12.4. The standard InChI is InChI=1S/C21H21N4PS3/c27-26(29-15-17-10-5-2-6-11-17)23-20-19(25-13-7-12-18(25)22-20)21(24-26)28-14-16-8-3-1-4-9-16/h1-6,8-11,27H,7,12-15H2. The SMILES string of the molecule is SP1(SCc2ccccc2)=Nc2nc3n(c2C(SCc2ccccc2)=N1)CCC3. The number of benzene rings is 2. The van der Waals surface area contributed by atoms with Gasteiger partial charge < -0.3 is 4.57 Å². The molecule has 0 spiro atoms. The number of thiol groups is 1. The van der Waals surface area contributed by atoms with E-state index in [0.717, 1.165) is 53.3 Å². The molecule has 29 heavy (non-hydrogen) atoms. The number of hydrogen-bond acceptors (Lipinski definition) is 5. The maximum absolute atomic E-state index is 5.13. The Morgan fingerprint density at radius 2 is 1.66 bits per heavy atom. The van der Waals surface area contributed by atoms with Gasteiger partial charge in [-0.3, -0.25) is 0 Å². The predicted octanol–water partition coefficient (Wildman–Crippen LogP) is 6.96. The maximum atomic E-state index is 5.13. The molecular weight excluding hydrogens is 435 g/mol. The molecular formula is C21H21N4PS3. The molecule has 0 N–H and O–H groups in total. The first kappa shape index (κ1) is 19.6. The zero-order chi connectivity index (χ0) is 19.7. The van der Waals surface area contributed by atoms with E-state index in [1.807, 2.05) is 6.07 Å². The van der Waals surface area contributed by atoms with Crippen LogP contribution in [0.2, 0.25) is 0 Å². The highest BCUT2D eigenvalue weighted by Crippen LogP contribution is 2.71. The highest BCUT2D eigenvalue weighted by molar-refractivity contribution is 8.86. The van der Waals surface area contributed by atoms with Gasteiger partial charge in [-0.1, -0.05) is 83.8 Å². The lowest BCUT2D eigenvalue weighted by molar-refractivity contribution is 0.745. The zero-order valence-corrected chi connectivity index (χ0v) is 19.2. The Morgan fingerprint density at radius 1 is 0.966 bits per heavy atom. The fraction of sp³-hybridized carbons (Fsp3) is 0.238. The molecule has 0 fully saturated rings. The van der Waals surface area contributed by atoms with E-state index in [0.29, 0.717) is 0 Å². The third-order valence-corrected chi connectivity index (χ3v) is 11.3. The summed E-state index contributed by atoms with van der Waals surface area (Å²) in [6.07, 6.45) is 2.17. The summed E-state index contributed by atoms with van der Waals surface area (Å²) in [7, 11) is 0. The number of thioether (sulfide) groups is 1. The van der Waals surface area contributed by atoms with Crippen molar-refractivity contribution in [3.8, 4) is 0 Å². The quantitative estimate of drug-likeness (QED) is 0.333. The molecule has 8 heteroatoms. The second-order valence-corrected chi connectivity index (χ2v) is 14.7. The Balaban J connectivity index is 1.46. The first-order valence-electron chi connectivity index (χ1n) is 9.60. The van der Waals surface area contributed by atoms with Gasteiger partial charge in [-0.25, -0.2) is 14.5 Å². The first-order valence-corrected chi connectivity index (χ1v) is 15.0. The zero-order valence-electron chi connectivity index (χ0n) is 15.8. The largest absolute Gasteiger partial charge is 0.324 e. The van der Waals surface area contributed by atoms with Gasteiger partial charge in [0.05, 0.1) is 0 Å². The highest BCUT2D eigenvalue weighted by Gasteiger charge is 2.31. The minimum atomic E-state index is -2.20. The van der Waals surface area contributed by atoms with Crippen LogP contribution in [0.4, 0.5) is 5.82 Å². The van der Waals surface area contributed by atoms with Crippen molar-refractivity contribution in [1.82, 2.24) is 9.55 Å². The second kappa shape index (κ2) is 8.38. The van der Waals surface area contributed by atoms with E-state index in [1.165, 1.54) is 11.1 Å². The number of rotatable bonds is 5. The Bertz CT molecular complexity index is 1110. The van der Waals surface area contributed by atoms with Crippen molar-refractivity contribution in [2.75, 3.05) is 0 Å². The minimum Gasteiger partial charge on any atom is -0.324 e. The normalized spacial score (nSPS) is 20.0. The smallest absolute Gasteiger partial charge is 0.187 e. The van der Waals surface area contributed by atoms with Gasteiger partial charge in [-0.15, -0.1) is 12.2 Å². The average molecular weight is 457 g/mol. The van der Waals surface area contributed by atoms with Gasteiger partial charge in [0.2, 0.25) is 0 Å². The highest BCUT2D eigenvalue weighted by atomic mass is 33.1. The van der Waals surface area contributed by atoms with Crippen molar-refractivity contribution in [2.24, 2.45) is 9.51 Å². The van der Waals surface area contributed by atoms with Crippen LogP contribution in [0.15, 0.2) is 70.2 Å². The van der Waals surface area contributed by atoms with E-state index >= 15 is 0 Å². The molecule has 5 rings (SSSR count). The molecule has 4 nitrogen and oxygen atoms in total. The van der Waals surface area contributed by atoms with Crippen LogP contribution in [0.5, 0.6) is 0 Å². The van der Waals surface area contributed by atoms with E-state index in [4.69, 9.17) is 26.7 Å². The molecule has 0 saturated carbocycles. The van der Waals surface area contributed by atoms with E-state index in [2.05, 4.69) is 59.2 Å². The summed E-state index contributed by atoms with van der Waals surface area (Å²) in [4.78, 5) is 4.85. The van der Waals surface area contributed by atoms with Gasteiger partial charge in [0.25, 0.3) is 0 Å². The van der Waals surface area contributed by atoms with Gasteiger partial charge in [0, 0.05) is 24.5 Å². The molecule has 1 unspecified atom stereocenters. The number of imidazole rings is 1. The van der Waals surface area contributed by atoms with Crippen molar-refractivity contribution in [1.29, 1.82) is 0 Å². The minimum absolute atomic E-state index is 0.842. The summed E-state index contributed by atoms with van der Waals surface area (Å²) in [5.41, 5.74) is 1.46. The van der Waals surface area contributed by atoms with E-state index < -0.39 is 5.61 Å². The Morgan fingerprint density at radius 3 is 2.38 bits per heavy atom. The number of nitrogens with zero attached hydrogens (tertiary/aromatic N) is 4. The Kier molecular flexibility index (Phi) is 5.65. The van der Waals surface area contributed by atoms with Crippen molar-refractivity contribution >= 4 is 51.9 Å². The fourth-order valence-corrected chi connectivity index (χ4v) is 9.50. The molecule has 3 heterocycles. The molecule has 2 aliphatic heterocycles. The van der Waals surface area contributed by atoms with Crippen LogP contribution < -0.4 is 0 Å². The number of aryl methyl sites for hydroxylation is 1. The lowest BCUT2D eigenvalue weighted by Gasteiger charge is -2.20. The van der Waals surface area contributed by atoms with Gasteiger partial charge in [-0.2, -0.15) is 0 Å². The van der Waals surface area contributed by atoms with Crippen molar-refractivity contribution in [3.63, 3.8) is 0 Å². The maximum Gasteiger partial charge on any atom is 0.187 e. The Labute approximate surface area is 184 Å². The molecule has 0 bridgehead atoms. The van der Waals surface area contributed by atoms with E-state index in [9.17, 15) is 0 Å². The molecule has 0 aliphatic carbocycles. The lowest BCUT2D eigenvalue weighted by Crippen LogP contribution is -2.07. The van der Waals surface area contributed by atoms with Crippen LogP contribution in [-0.2, 0) is 24.5 Å². The number of hydrogen-bond donors (Lipinski definition) is 1. The van der Waals surface area contributed by atoms with Crippen LogP contribution in [0.25, 0.3) is 0 Å². The molecule has 3 aromatic rings. The molecule has 2 aromatic carbocycles. The molecule has 0 radical (unpaired) electrons. The average Bonchev–Trinajstić information content (AvgIpc) is 3.33. The molecule has 2 aliphatic rings. The van der Waals surface area contributed by atoms with Gasteiger partial charge in [0.1, 0.15) is 16.6 Å².